The third-order valence-electron chi connectivity index (χ3n) is 2.24. The standard InChI is InChI=1S/C13H17BrN2O2S/c1-9(2)13(18)16-8-7-15-12(17)6-4-10-3-5-11(14)19-10/h3-6,9H,7-8H2,1-2H3,(H,15,17)(H,16,18)/b6-4+. The molecule has 0 radical (unpaired) electrons. The predicted molar refractivity (Wildman–Crippen MR) is 81.9 cm³/mol. The number of carbonyl (C=O) groups excluding carboxylic acids is 2. The molecule has 0 saturated heterocycles. The second-order valence-corrected chi connectivity index (χ2v) is 6.71. The highest BCUT2D eigenvalue weighted by Crippen LogP contribution is 2.22. The lowest BCUT2D eigenvalue weighted by atomic mass is 10.2. The van der Waals surface area contributed by atoms with Crippen LogP contribution in [0.3, 0.4) is 0 Å². The van der Waals surface area contributed by atoms with Gasteiger partial charge in [-0.1, -0.05) is 13.8 Å². The van der Waals surface area contributed by atoms with Crippen molar-refractivity contribution in [2.45, 2.75) is 13.8 Å². The molecule has 4 nitrogen and oxygen atoms in total. The van der Waals surface area contributed by atoms with Gasteiger partial charge in [0.05, 0.1) is 3.79 Å². The topological polar surface area (TPSA) is 58.2 Å². The Kier molecular flexibility index (Phi) is 6.80. The molecule has 6 heteroatoms. The Balaban J connectivity index is 2.21. The zero-order valence-electron chi connectivity index (χ0n) is 10.9. The van der Waals surface area contributed by atoms with Gasteiger partial charge in [-0.3, -0.25) is 9.59 Å². The largest absolute Gasteiger partial charge is 0.354 e. The first-order valence-corrected chi connectivity index (χ1v) is 7.59. The summed E-state index contributed by atoms with van der Waals surface area (Å²) in [5, 5.41) is 5.44. The monoisotopic (exact) mass is 344 g/mol. The Morgan fingerprint density at radius 3 is 2.58 bits per heavy atom. The van der Waals surface area contributed by atoms with Crippen LogP contribution in [0.25, 0.3) is 6.08 Å². The molecule has 0 aliphatic rings. The summed E-state index contributed by atoms with van der Waals surface area (Å²) >= 11 is 4.92. The minimum absolute atomic E-state index is 0.00627. The van der Waals surface area contributed by atoms with E-state index in [1.807, 2.05) is 26.0 Å². The number of carbonyl (C=O) groups is 2. The molecule has 0 aliphatic carbocycles. The summed E-state index contributed by atoms with van der Waals surface area (Å²) in [5.41, 5.74) is 0. The molecule has 0 spiro atoms. The summed E-state index contributed by atoms with van der Waals surface area (Å²) in [6.07, 6.45) is 3.25. The highest BCUT2D eigenvalue weighted by molar-refractivity contribution is 9.11. The van der Waals surface area contributed by atoms with Gasteiger partial charge in [0, 0.05) is 30.0 Å². The fourth-order valence-corrected chi connectivity index (χ4v) is 2.54. The predicted octanol–water partition coefficient (Wildman–Crippen LogP) is 2.41. The third kappa shape index (κ3) is 6.54. The normalized spacial score (nSPS) is 10.9. The van der Waals surface area contributed by atoms with Crippen LogP contribution in [0.15, 0.2) is 22.0 Å². The van der Waals surface area contributed by atoms with Crippen LogP contribution in [0.2, 0.25) is 0 Å². The number of nitrogens with one attached hydrogen (secondary N) is 2. The van der Waals surface area contributed by atoms with E-state index in [4.69, 9.17) is 0 Å². The molecule has 2 amide bonds. The van der Waals surface area contributed by atoms with E-state index in [2.05, 4.69) is 26.6 Å². The van der Waals surface area contributed by atoms with E-state index >= 15 is 0 Å². The summed E-state index contributed by atoms with van der Waals surface area (Å²) in [4.78, 5) is 23.8. The van der Waals surface area contributed by atoms with Crippen LogP contribution in [0.5, 0.6) is 0 Å². The Bertz CT molecular complexity index is 469. The zero-order chi connectivity index (χ0) is 14.3. The second kappa shape index (κ2) is 8.12. The summed E-state index contributed by atoms with van der Waals surface area (Å²) in [6.45, 7) is 4.53. The average molecular weight is 345 g/mol. The minimum Gasteiger partial charge on any atom is -0.354 e. The summed E-state index contributed by atoms with van der Waals surface area (Å²) in [7, 11) is 0. The quantitative estimate of drug-likeness (QED) is 0.615. The van der Waals surface area contributed by atoms with Crippen molar-refractivity contribution >= 4 is 45.2 Å². The van der Waals surface area contributed by atoms with Crippen LogP contribution in [0.1, 0.15) is 18.7 Å². The SMILES string of the molecule is CC(C)C(=O)NCCNC(=O)/C=C/c1ccc(Br)s1. The molecule has 0 aliphatic heterocycles. The Hall–Kier alpha value is -1.14. The smallest absolute Gasteiger partial charge is 0.244 e. The van der Waals surface area contributed by atoms with Crippen molar-refractivity contribution < 1.29 is 9.59 Å². The van der Waals surface area contributed by atoms with E-state index in [9.17, 15) is 9.59 Å². The number of thiophene rings is 1. The van der Waals surface area contributed by atoms with Crippen molar-refractivity contribution in [1.82, 2.24) is 10.6 Å². The van der Waals surface area contributed by atoms with Crippen LogP contribution in [0, 0.1) is 5.92 Å². The first-order chi connectivity index (χ1) is 8.99. The van der Waals surface area contributed by atoms with Crippen LogP contribution < -0.4 is 10.6 Å². The lowest BCUT2D eigenvalue weighted by molar-refractivity contribution is -0.124. The molecule has 0 aromatic carbocycles. The first kappa shape index (κ1) is 15.9. The van der Waals surface area contributed by atoms with Crippen molar-refractivity contribution in [3.63, 3.8) is 0 Å². The first-order valence-electron chi connectivity index (χ1n) is 5.98. The van der Waals surface area contributed by atoms with Crippen LogP contribution in [-0.2, 0) is 9.59 Å². The van der Waals surface area contributed by atoms with E-state index in [0.29, 0.717) is 13.1 Å². The molecule has 104 valence electrons. The van der Waals surface area contributed by atoms with Gasteiger partial charge in [0.25, 0.3) is 0 Å². The molecule has 0 fully saturated rings. The maximum Gasteiger partial charge on any atom is 0.244 e. The van der Waals surface area contributed by atoms with Gasteiger partial charge in [-0.25, -0.2) is 0 Å². The Morgan fingerprint density at radius 2 is 2.00 bits per heavy atom. The highest BCUT2D eigenvalue weighted by Gasteiger charge is 2.04. The van der Waals surface area contributed by atoms with Gasteiger partial charge in [-0.2, -0.15) is 0 Å². The molecular weight excluding hydrogens is 328 g/mol. The van der Waals surface area contributed by atoms with Crippen LogP contribution >= 0.6 is 27.3 Å². The van der Waals surface area contributed by atoms with E-state index in [-0.39, 0.29) is 17.7 Å². The number of rotatable bonds is 6. The molecule has 0 unspecified atom stereocenters. The minimum atomic E-state index is -0.164. The van der Waals surface area contributed by atoms with E-state index < -0.39 is 0 Å². The number of amides is 2. The van der Waals surface area contributed by atoms with Gasteiger partial charge in [0.1, 0.15) is 0 Å². The fraction of sp³-hybridized carbons (Fsp3) is 0.385. The molecule has 1 aromatic rings. The van der Waals surface area contributed by atoms with Gasteiger partial charge in [-0.15, -0.1) is 11.3 Å². The molecule has 2 N–H and O–H groups in total. The van der Waals surface area contributed by atoms with E-state index in [1.54, 1.807) is 17.4 Å². The number of hydrogen-bond donors (Lipinski definition) is 2. The van der Waals surface area contributed by atoms with Gasteiger partial charge in [0.2, 0.25) is 11.8 Å². The maximum atomic E-state index is 11.5. The van der Waals surface area contributed by atoms with Gasteiger partial charge >= 0.3 is 0 Å². The van der Waals surface area contributed by atoms with Gasteiger partial charge in [-0.05, 0) is 34.1 Å². The zero-order valence-corrected chi connectivity index (χ0v) is 13.3. The van der Waals surface area contributed by atoms with Crippen molar-refractivity contribution in [3.05, 3.63) is 26.9 Å². The van der Waals surface area contributed by atoms with Gasteiger partial charge in [0.15, 0.2) is 0 Å². The van der Waals surface area contributed by atoms with Crippen molar-refractivity contribution in [1.29, 1.82) is 0 Å². The number of hydrogen-bond acceptors (Lipinski definition) is 3. The lowest BCUT2D eigenvalue weighted by Gasteiger charge is -2.07. The fourth-order valence-electron chi connectivity index (χ4n) is 1.21. The molecule has 1 heterocycles. The Labute approximate surface area is 125 Å². The van der Waals surface area contributed by atoms with Crippen molar-refractivity contribution in [2.75, 3.05) is 13.1 Å². The lowest BCUT2D eigenvalue weighted by Crippen LogP contribution is -2.35. The molecule has 0 bridgehead atoms. The van der Waals surface area contributed by atoms with Crippen molar-refractivity contribution in [3.8, 4) is 0 Å². The summed E-state index contributed by atoms with van der Waals surface area (Å²) < 4.78 is 1.03. The molecule has 19 heavy (non-hydrogen) atoms. The highest BCUT2D eigenvalue weighted by atomic mass is 79.9. The summed E-state index contributed by atoms with van der Waals surface area (Å²) in [6, 6.07) is 3.87. The van der Waals surface area contributed by atoms with E-state index in [1.165, 1.54) is 6.08 Å². The van der Waals surface area contributed by atoms with Gasteiger partial charge < -0.3 is 10.6 Å². The van der Waals surface area contributed by atoms with E-state index in [0.717, 1.165) is 8.66 Å². The number of halogens is 1. The van der Waals surface area contributed by atoms with Crippen molar-refractivity contribution in [2.24, 2.45) is 5.92 Å². The Morgan fingerprint density at radius 1 is 1.32 bits per heavy atom. The molecule has 0 saturated carbocycles. The van der Waals surface area contributed by atoms with Crippen LogP contribution in [0.4, 0.5) is 0 Å². The maximum absolute atomic E-state index is 11.5. The third-order valence-corrected chi connectivity index (χ3v) is 3.83. The van der Waals surface area contributed by atoms with Crippen LogP contribution in [-0.4, -0.2) is 24.9 Å². The average Bonchev–Trinajstić information content (AvgIpc) is 2.77. The molecule has 1 rings (SSSR count). The summed E-state index contributed by atoms with van der Waals surface area (Å²) in [5.74, 6) is -0.204. The second-order valence-electron chi connectivity index (χ2n) is 4.21. The molecule has 1 aromatic heterocycles. The molecule has 0 atom stereocenters. The molecular formula is C13H17BrN2O2S.